The third-order valence-corrected chi connectivity index (χ3v) is 6.46. The molecule has 2 aromatic rings. The molecule has 1 aromatic heterocycles. The second-order valence-corrected chi connectivity index (χ2v) is 9.05. The number of benzene rings is 1. The molecule has 0 spiro atoms. The van der Waals surface area contributed by atoms with Crippen molar-refractivity contribution >= 4 is 9.84 Å². The fraction of sp³-hybridized carbons (Fsp3) is 0.529. The van der Waals surface area contributed by atoms with Gasteiger partial charge in [-0.15, -0.1) is 0 Å². The van der Waals surface area contributed by atoms with Gasteiger partial charge in [-0.3, -0.25) is 4.90 Å². The third-order valence-electron chi connectivity index (χ3n) is 4.83. The largest absolute Gasteiger partial charge is 0.392 e. The first-order chi connectivity index (χ1) is 12.4. The lowest BCUT2D eigenvalue weighted by atomic mass is 10.2. The second kappa shape index (κ2) is 6.71. The van der Waals surface area contributed by atoms with E-state index in [1.54, 1.807) is 0 Å². The molecule has 2 fully saturated rings. The number of hydrogen-bond acceptors (Lipinski definition) is 7. The number of aliphatic hydroxyl groups is 1. The first kappa shape index (κ1) is 17.6. The summed E-state index contributed by atoms with van der Waals surface area (Å²) in [6.07, 6.45) is 2.45. The van der Waals surface area contributed by atoms with Crippen molar-refractivity contribution in [3.8, 4) is 0 Å². The summed E-state index contributed by atoms with van der Waals surface area (Å²) in [5, 5.41) is 13.8. The maximum Gasteiger partial charge on any atom is 0.244 e. The Morgan fingerprint density at radius 2 is 2.00 bits per heavy atom. The van der Waals surface area contributed by atoms with Gasteiger partial charge in [0.25, 0.3) is 0 Å². The topological polar surface area (TPSA) is 96.5 Å². The van der Waals surface area contributed by atoms with Gasteiger partial charge in [0.05, 0.1) is 17.0 Å². The van der Waals surface area contributed by atoms with Crippen LogP contribution in [0.15, 0.2) is 33.7 Å². The van der Waals surface area contributed by atoms with Crippen molar-refractivity contribution in [2.75, 3.05) is 13.1 Å². The summed E-state index contributed by atoms with van der Waals surface area (Å²) in [6.45, 7) is 1.44. The molecule has 1 N–H and O–H groups in total. The third kappa shape index (κ3) is 3.79. The summed E-state index contributed by atoms with van der Waals surface area (Å²) >= 11 is 0. The van der Waals surface area contributed by atoms with Gasteiger partial charge in [0, 0.05) is 13.1 Å². The van der Waals surface area contributed by atoms with Crippen LogP contribution in [-0.4, -0.2) is 47.8 Å². The number of hydrogen-bond donors (Lipinski definition) is 1. The van der Waals surface area contributed by atoms with Crippen molar-refractivity contribution in [2.45, 2.75) is 42.1 Å². The Hall–Kier alpha value is -1.84. The summed E-state index contributed by atoms with van der Waals surface area (Å²) in [7, 11) is -3.69. The molecule has 140 valence electrons. The van der Waals surface area contributed by atoms with Gasteiger partial charge in [-0.25, -0.2) is 12.8 Å². The van der Waals surface area contributed by atoms with Crippen LogP contribution in [0.4, 0.5) is 4.39 Å². The number of likely N-dealkylation sites (tertiary alicyclic amines) is 1. The lowest BCUT2D eigenvalue weighted by Gasteiger charge is -2.20. The fourth-order valence-electron chi connectivity index (χ4n) is 3.33. The Morgan fingerprint density at radius 1 is 1.27 bits per heavy atom. The minimum atomic E-state index is -3.69. The van der Waals surface area contributed by atoms with Crippen LogP contribution in [0.5, 0.6) is 0 Å². The summed E-state index contributed by atoms with van der Waals surface area (Å²) in [5.74, 6) is 0.147. The zero-order valence-electron chi connectivity index (χ0n) is 14.1. The van der Waals surface area contributed by atoms with Gasteiger partial charge in [-0.2, -0.15) is 4.98 Å². The van der Waals surface area contributed by atoms with Crippen LogP contribution < -0.4 is 0 Å². The van der Waals surface area contributed by atoms with Crippen molar-refractivity contribution in [2.24, 2.45) is 5.92 Å². The molecule has 1 aromatic carbocycles. The molecule has 0 amide bonds. The average Bonchev–Trinajstić information content (AvgIpc) is 3.15. The first-order valence-corrected chi connectivity index (χ1v) is 10.3. The Kier molecular flexibility index (Phi) is 4.54. The zero-order valence-corrected chi connectivity index (χ0v) is 14.9. The van der Waals surface area contributed by atoms with Crippen LogP contribution in [0.2, 0.25) is 0 Å². The highest BCUT2D eigenvalue weighted by Gasteiger charge is 2.38. The van der Waals surface area contributed by atoms with E-state index >= 15 is 0 Å². The predicted molar refractivity (Wildman–Crippen MR) is 89.2 cm³/mol. The fourth-order valence-corrected chi connectivity index (χ4v) is 4.50. The molecule has 2 atom stereocenters. The highest BCUT2D eigenvalue weighted by atomic mass is 32.2. The average molecular weight is 381 g/mol. The predicted octanol–water partition coefficient (Wildman–Crippen LogP) is 1.70. The van der Waals surface area contributed by atoms with Crippen LogP contribution in [0.1, 0.15) is 37.0 Å². The number of sulfone groups is 1. The zero-order chi connectivity index (χ0) is 18.3. The summed E-state index contributed by atoms with van der Waals surface area (Å²) in [4.78, 5) is 6.39. The van der Waals surface area contributed by atoms with Crippen molar-refractivity contribution in [1.29, 1.82) is 0 Å². The molecule has 26 heavy (non-hydrogen) atoms. The van der Waals surface area contributed by atoms with E-state index in [-0.39, 0.29) is 16.8 Å². The molecule has 0 radical (unpaired) electrons. The van der Waals surface area contributed by atoms with Crippen LogP contribution >= 0.6 is 0 Å². The van der Waals surface area contributed by atoms with Gasteiger partial charge in [-0.05, 0) is 49.4 Å². The van der Waals surface area contributed by atoms with Crippen LogP contribution in [0.3, 0.4) is 0 Å². The minimum absolute atomic E-state index is 0.0110. The molecule has 9 heteroatoms. The Bertz CT molecular complexity index is 880. The number of aromatic nitrogens is 2. The van der Waals surface area contributed by atoms with Crippen molar-refractivity contribution in [3.63, 3.8) is 0 Å². The van der Waals surface area contributed by atoms with E-state index in [0.717, 1.165) is 18.7 Å². The molecule has 4 rings (SSSR count). The van der Waals surface area contributed by atoms with Crippen molar-refractivity contribution < 1.29 is 22.4 Å². The highest BCUT2D eigenvalue weighted by Crippen LogP contribution is 2.37. The molecule has 2 aliphatic rings. The van der Waals surface area contributed by atoms with Crippen molar-refractivity contribution in [3.05, 3.63) is 41.8 Å². The number of nitrogens with zero attached hydrogens (tertiary/aromatic N) is 3. The molecular weight excluding hydrogens is 361 g/mol. The van der Waals surface area contributed by atoms with E-state index in [2.05, 4.69) is 15.0 Å². The van der Waals surface area contributed by atoms with Gasteiger partial charge >= 0.3 is 0 Å². The Morgan fingerprint density at radius 3 is 2.69 bits per heavy atom. The minimum Gasteiger partial charge on any atom is -0.392 e. The summed E-state index contributed by atoms with van der Waals surface area (Å²) in [6, 6.07) is 4.46. The quantitative estimate of drug-likeness (QED) is 0.761. The molecule has 2 heterocycles. The second-order valence-electron chi connectivity index (χ2n) is 7.06. The number of β-amino-alcohol motifs (C(OH)–C–C–N with tert-alkyl or cyclic N) is 1. The molecule has 1 saturated heterocycles. The van der Waals surface area contributed by atoms with Crippen LogP contribution in [-0.2, 0) is 15.6 Å². The number of aliphatic hydroxyl groups excluding tert-OH is 1. The van der Waals surface area contributed by atoms with Crippen LogP contribution in [0, 0.1) is 11.7 Å². The van der Waals surface area contributed by atoms with Gasteiger partial charge in [0.15, 0.2) is 15.7 Å². The van der Waals surface area contributed by atoms with Gasteiger partial charge in [0.1, 0.15) is 11.6 Å². The first-order valence-electron chi connectivity index (χ1n) is 8.63. The van der Waals surface area contributed by atoms with Gasteiger partial charge in [0.2, 0.25) is 5.89 Å². The van der Waals surface area contributed by atoms with E-state index in [1.165, 1.54) is 25.0 Å². The number of halogens is 1. The molecule has 2 unspecified atom stereocenters. The maximum absolute atomic E-state index is 13.0. The van der Waals surface area contributed by atoms with E-state index in [0.29, 0.717) is 24.8 Å². The van der Waals surface area contributed by atoms with E-state index in [1.807, 2.05) is 0 Å². The smallest absolute Gasteiger partial charge is 0.244 e. The van der Waals surface area contributed by atoms with Crippen molar-refractivity contribution in [1.82, 2.24) is 15.0 Å². The summed E-state index contributed by atoms with van der Waals surface area (Å²) < 4.78 is 43.1. The monoisotopic (exact) mass is 381 g/mol. The maximum atomic E-state index is 13.0. The Labute approximate surface area is 150 Å². The number of rotatable bonds is 6. The lowest BCUT2D eigenvalue weighted by Crippen LogP contribution is -2.27. The van der Waals surface area contributed by atoms with Crippen LogP contribution in [0.25, 0.3) is 0 Å². The SMILES string of the molecule is O=S(=O)(Cc1noc(C2CC(O)CN2CC2CC2)n1)c1ccc(F)cc1. The molecule has 0 bridgehead atoms. The molecule has 7 nitrogen and oxygen atoms in total. The highest BCUT2D eigenvalue weighted by molar-refractivity contribution is 7.90. The standard InChI is InChI=1S/C17H20FN3O4S/c18-12-3-5-14(6-4-12)26(23,24)10-16-19-17(25-20-16)15-7-13(22)9-21(15)8-11-1-2-11/h3-6,11,13,15,22H,1-2,7-10H2. The van der Waals surface area contributed by atoms with Gasteiger partial charge in [-0.1, -0.05) is 5.16 Å². The lowest BCUT2D eigenvalue weighted by molar-refractivity contribution is 0.170. The normalized spacial score (nSPS) is 24.2. The van der Waals surface area contributed by atoms with E-state index in [9.17, 15) is 17.9 Å². The molecular formula is C17H20FN3O4S. The molecule has 1 aliphatic carbocycles. The molecule has 1 aliphatic heterocycles. The van der Waals surface area contributed by atoms with Gasteiger partial charge < -0.3 is 9.63 Å². The van der Waals surface area contributed by atoms with E-state index < -0.39 is 27.5 Å². The Balaban J connectivity index is 1.49. The summed E-state index contributed by atoms with van der Waals surface area (Å²) in [5.41, 5.74) is 0. The molecule has 1 saturated carbocycles. The van der Waals surface area contributed by atoms with E-state index in [4.69, 9.17) is 4.52 Å².